The smallest absolute Gasteiger partial charge is 0.410 e. The van der Waals surface area contributed by atoms with Crippen LogP contribution in [0.2, 0.25) is 0 Å². The van der Waals surface area contributed by atoms with Crippen molar-refractivity contribution in [2.75, 3.05) is 45.8 Å². The molecule has 0 radical (unpaired) electrons. The van der Waals surface area contributed by atoms with Crippen molar-refractivity contribution < 1.29 is 9.53 Å². The van der Waals surface area contributed by atoms with Crippen LogP contribution in [0.3, 0.4) is 0 Å². The maximum absolute atomic E-state index is 12.0. The Morgan fingerprint density at radius 2 is 1.96 bits per heavy atom. The number of hydrogen-bond acceptors (Lipinski definition) is 4. The zero-order valence-corrected chi connectivity index (χ0v) is 17.2. The number of likely N-dealkylation sites (tertiary alicyclic amines) is 2. The molecule has 1 unspecified atom stereocenters. The molecular weight excluding hydrogens is 330 g/mol. The maximum atomic E-state index is 12.0. The van der Waals surface area contributed by atoms with Gasteiger partial charge >= 0.3 is 6.09 Å². The Hall–Kier alpha value is -1.50. The van der Waals surface area contributed by atoms with Gasteiger partial charge in [-0.05, 0) is 59.5 Å². The Morgan fingerprint density at radius 3 is 2.58 bits per heavy atom. The molecule has 7 heteroatoms. The number of amides is 1. The highest BCUT2D eigenvalue weighted by Gasteiger charge is 2.34. The van der Waals surface area contributed by atoms with Crippen molar-refractivity contribution in [3.8, 4) is 0 Å². The van der Waals surface area contributed by atoms with Gasteiger partial charge in [0.25, 0.3) is 0 Å². The zero-order valence-electron chi connectivity index (χ0n) is 17.2. The first-order valence-electron chi connectivity index (χ1n) is 10.1. The van der Waals surface area contributed by atoms with Crippen LogP contribution in [-0.4, -0.2) is 79.3 Å². The van der Waals surface area contributed by atoms with Gasteiger partial charge in [-0.15, -0.1) is 0 Å². The summed E-state index contributed by atoms with van der Waals surface area (Å²) < 4.78 is 5.40. The third-order valence-electron chi connectivity index (χ3n) is 4.78. The number of guanidine groups is 1. The quantitative estimate of drug-likeness (QED) is 0.574. The molecule has 2 rings (SSSR count). The highest BCUT2D eigenvalue weighted by molar-refractivity contribution is 5.80. The number of hydrogen-bond donors (Lipinski definition) is 2. The number of carbonyl (C=O) groups excluding carboxylic acids is 1. The molecule has 2 N–H and O–H groups in total. The van der Waals surface area contributed by atoms with E-state index in [0.717, 1.165) is 32.1 Å². The molecule has 0 aromatic heterocycles. The first-order valence-corrected chi connectivity index (χ1v) is 10.1. The van der Waals surface area contributed by atoms with Crippen molar-refractivity contribution >= 4 is 12.1 Å². The molecule has 0 bridgehead atoms. The van der Waals surface area contributed by atoms with E-state index in [1.165, 1.54) is 19.4 Å². The zero-order chi connectivity index (χ0) is 19.2. The SMILES string of the molecule is CCNC(=NCC1CCCN(CC)C1)NC1CN(C(=O)OC(C)(C)C)C1. The van der Waals surface area contributed by atoms with Gasteiger partial charge in [0.1, 0.15) is 5.60 Å². The van der Waals surface area contributed by atoms with E-state index in [2.05, 4.69) is 29.4 Å². The second-order valence-corrected chi connectivity index (χ2v) is 8.35. The fourth-order valence-electron chi connectivity index (χ4n) is 3.37. The maximum Gasteiger partial charge on any atom is 0.410 e. The first-order chi connectivity index (χ1) is 12.3. The van der Waals surface area contributed by atoms with Gasteiger partial charge in [0, 0.05) is 32.7 Å². The average Bonchev–Trinajstić information content (AvgIpc) is 2.53. The molecule has 1 atom stereocenters. The van der Waals surface area contributed by atoms with Gasteiger partial charge in [0.05, 0.1) is 6.04 Å². The van der Waals surface area contributed by atoms with Crippen molar-refractivity contribution in [1.29, 1.82) is 0 Å². The van der Waals surface area contributed by atoms with E-state index in [1.807, 2.05) is 20.8 Å². The fourth-order valence-corrected chi connectivity index (χ4v) is 3.37. The van der Waals surface area contributed by atoms with Crippen molar-refractivity contribution in [2.24, 2.45) is 10.9 Å². The number of nitrogens with one attached hydrogen (secondary N) is 2. The van der Waals surface area contributed by atoms with Gasteiger partial charge in [-0.2, -0.15) is 0 Å². The van der Waals surface area contributed by atoms with Crippen molar-refractivity contribution in [2.45, 2.75) is 59.1 Å². The van der Waals surface area contributed by atoms with E-state index in [-0.39, 0.29) is 12.1 Å². The monoisotopic (exact) mass is 367 g/mol. The predicted molar refractivity (Wildman–Crippen MR) is 106 cm³/mol. The van der Waals surface area contributed by atoms with Gasteiger partial charge in [-0.1, -0.05) is 6.92 Å². The van der Waals surface area contributed by atoms with E-state index in [0.29, 0.717) is 19.0 Å². The lowest BCUT2D eigenvalue weighted by Gasteiger charge is -2.40. The lowest BCUT2D eigenvalue weighted by Crippen LogP contribution is -2.63. The van der Waals surface area contributed by atoms with Gasteiger partial charge in [-0.3, -0.25) is 4.99 Å². The number of carbonyl (C=O) groups is 1. The molecule has 2 aliphatic heterocycles. The molecular formula is C19H37N5O2. The summed E-state index contributed by atoms with van der Waals surface area (Å²) in [7, 11) is 0. The molecule has 26 heavy (non-hydrogen) atoms. The molecule has 0 saturated carbocycles. The normalized spacial score (nSPS) is 22.7. The third-order valence-corrected chi connectivity index (χ3v) is 4.78. The van der Waals surface area contributed by atoms with Crippen molar-refractivity contribution in [1.82, 2.24) is 20.4 Å². The minimum Gasteiger partial charge on any atom is -0.444 e. The topological polar surface area (TPSA) is 69.2 Å². The lowest BCUT2D eigenvalue weighted by atomic mass is 9.98. The first kappa shape index (κ1) is 20.8. The predicted octanol–water partition coefficient (Wildman–Crippen LogP) is 1.89. The van der Waals surface area contributed by atoms with Gasteiger partial charge < -0.3 is 25.2 Å². The summed E-state index contributed by atoms with van der Waals surface area (Å²) in [5, 5.41) is 6.76. The minimum absolute atomic E-state index is 0.235. The van der Waals surface area contributed by atoms with Gasteiger partial charge in [-0.25, -0.2) is 4.79 Å². The average molecular weight is 368 g/mol. The van der Waals surface area contributed by atoms with Crippen LogP contribution >= 0.6 is 0 Å². The van der Waals surface area contributed by atoms with Crippen LogP contribution in [0, 0.1) is 5.92 Å². The number of ether oxygens (including phenoxy) is 1. The van der Waals surface area contributed by atoms with Crippen molar-refractivity contribution in [3.63, 3.8) is 0 Å². The summed E-state index contributed by atoms with van der Waals surface area (Å²) >= 11 is 0. The van der Waals surface area contributed by atoms with E-state index in [4.69, 9.17) is 9.73 Å². The van der Waals surface area contributed by atoms with Gasteiger partial charge in [0.2, 0.25) is 0 Å². The van der Waals surface area contributed by atoms with Crippen LogP contribution in [0.1, 0.15) is 47.5 Å². The van der Waals surface area contributed by atoms with E-state index in [9.17, 15) is 4.79 Å². The highest BCUT2D eigenvalue weighted by Crippen LogP contribution is 2.17. The molecule has 0 spiro atoms. The fraction of sp³-hybridized carbons (Fsp3) is 0.895. The molecule has 2 fully saturated rings. The number of piperidine rings is 1. The van der Waals surface area contributed by atoms with Crippen LogP contribution in [0.25, 0.3) is 0 Å². The highest BCUT2D eigenvalue weighted by atomic mass is 16.6. The summed E-state index contributed by atoms with van der Waals surface area (Å²) in [6, 6.07) is 0.235. The third kappa shape index (κ3) is 6.67. The van der Waals surface area contributed by atoms with E-state index < -0.39 is 5.60 Å². The summed E-state index contributed by atoms with van der Waals surface area (Å²) in [5.41, 5.74) is -0.446. The molecule has 2 aliphatic rings. The summed E-state index contributed by atoms with van der Waals surface area (Å²) in [6.07, 6.45) is 2.29. The summed E-state index contributed by atoms with van der Waals surface area (Å²) in [4.78, 5) is 21.0. The Kier molecular flexibility index (Phi) is 7.55. The molecule has 0 aliphatic carbocycles. The second kappa shape index (κ2) is 9.44. The number of nitrogens with zero attached hydrogens (tertiary/aromatic N) is 3. The van der Waals surface area contributed by atoms with E-state index in [1.54, 1.807) is 4.90 Å². The molecule has 2 saturated heterocycles. The Balaban J connectivity index is 1.77. The minimum atomic E-state index is -0.446. The standard InChI is InChI=1S/C19H37N5O2/c1-6-20-17(21-11-15-9-8-10-23(7-2)12-15)22-16-13-24(14-16)18(25)26-19(3,4)5/h15-16H,6-14H2,1-5H3,(H2,20,21,22). The number of rotatable bonds is 5. The van der Waals surface area contributed by atoms with Crippen LogP contribution in [0.4, 0.5) is 4.79 Å². The molecule has 150 valence electrons. The van der Waals surface area contributed by atoms with Gasteiger partial charge in [0.15, 0.2) is 5.96 Å². The Labute approximate surface area is 158 Å². The summed E-state index contributed by atoms with van der Waals surface area (Å²) in [5.74, 6) is 1.49. The number of aliphatic imine (C=N–C) groups is 1. The lowest BCUT2D eigenvalue weighted by molar-refractivity contribution is 0.00700. The van der Waals surface area contributed by atoms with Crippen LogP contribution < -0.4 is 10.6 Å². The summed E-state index contributed by atoms with van der Waals surface area (Å²) in [6.45, 7) is 16.5. The molecule has 0 aromatic carbocycles. The van der Waals surface area contributed by atoms with Crippen LogP contribution in [0.15, 0.2) is 4.99 Å². The Bertz CT molecular complexity index is 483. The Morgan fingerprint density at radius 1 is 1.23 bits per heavy atom. The molecule has 0 aromatic rings. The molecule has 1 amide bonds. The van der Waals surface area contributed by atoms with Crippen molar-refractivity contribution in [3.05, 3.63) is 0 Å². The molecule has 2 heterocycles. The molecule has 7 nitrogen and oxygen atoms in total. The van der Waals surface area contributed by atoms with Crippen LogP contribution in [0.5, 0.6) is 0 Å². The van der Waals surface area contributed by atoms with E-state index >= 15 is 0 Å². The largest absolute Gasteiger partial charge is 0.444 e. The van der Waals surface area contributed by atoms with Crippen LogP contribution in [-0.2, 0) is 4.74 Å². The second-order valence-electron chi connectivity index (χ2n) is 8.35.